The minimum Gasteiger partial charge on any atom is -0.454 e. The first-order valence-electron chi connectivity index (χ1n) is 8.88. The van der Waals surface area contributed by atoms with Crippen LogP contribution < -0.4 is 9.30 Å². The highest BCUT2D eigenvalue weighted by molar-refractivity contribution is 7.19. The molecular weight excluding hydrogens is 340 g/mol. The molecule has 0 atom stereocenters. The van der Waals surface area contributed by atoms with Gasteiger partial charge in [-0.25, -0.2) is 4.57 Å². The van der Waals surface area contributed by atoms with E-state index >= 15 is 0 Å². The van der Waals surface area contributed by atoms with Crippen molar-refractivity contribution >= 4 is 32.3 Å². The summed E-state index contributed by atoms with van der Waals surface area (Å²) >= 11 is 1.75. The van der Waals surface area contributed by atoms with E-state index in [-0.39, 0.29) is 5.41 Å². The molecule has 130 valence electrons. The molecule has 26 heavy (non-hydrogen) atoms. The molecule has 4 aromatic rings. The van der Waals surface area contributed by atoms with E-state index in [9.17, 15) is 0 Å². The Bertz CT molecular complexity index is 1210. The fourth-order valence-corrected chi connectivity index (χ4v) is 5.08. The summed E-state index contributed by atoms with van der Waals surface area (Å²) in [6.07, 6.45) is 1.92. The number of rotatable bonds is 0. The van der Waals surface area contributed by atoms with Crippen LogP contribution >= 0.6 is 11.3 Å². The number of benzene rings is 2. The largest absolute Gasteiger partial charge is 0.454 e. The third-order valence-electron chi connectivity index (χ3n) is 5.19. The third-order valence-corrected chi connectivity index (χ3v) is 6.69. The molecule has 0 spiro atoms. The number of nitrogens with zero attached hydrogens (tertiary/aromatic N) is 2. The molecule has 0 radical (unpaired) electrons. The molecule has 0 aliphatic carbocycles. The molecule has 0 fully saturated rings. The molecule has 2 aromatic carbocycles. The summed E-state index contributed by atoms with van der Waals surface area (Å²) in [6.45, 7) is 8.90. The van der Waals surface area contributed by atoms with Crippen LogP contribution in [0.25, 0.3) is 32.2 Å². The Balaban J connectivity index is 1.97. The Hall–Kier alpha value is -2.46. The van der Waals surface area contributed by atoms with Crippen molar-refractivity contribution in [3.63, 3.8) is 0 Å². The van der Waals surface area contributed by atoms with Gasteiger partial charge in [0.15, 0.2) is 11.4 Å². The van der Waals surface area contributed by atoms with Crippen molar-refractivity contribution in [3.05, 3.63) is 47.1 Å². The highest BCUT2D eigenvalue weighted by Gasteiger charge is 2.36. The predicted octanol–water partition coefficient (Wildman–Crippen LogP) is 5.65. The summed E-state index contributed by atoms with van der Waals surface area (Å²) in [4.78, 5) is 6.99. The van der Waals surface area contributed by atoms with Crippen molar-refractivity contribution < 1.29 is 9.30 Å². The first-order valence-corrected chi connectivity index (χ1v) is 9.70. The highest BCUT2D eigenvalue weighted by atomic mass is 32.1. The van der Waals surface area contributed by atoms with Crippen LogP contribution in [-0.2, 0) is 12.5 Å². The molecule has 2 aromatic heterocycles. The second kappa shape index (κ2) is 5.04. The zero-order valence-corrected chi connectivity index (χ0v) is 16.5. The summed E-state index contributed by atoms with van der Waals surface area (Å²) in [5.74, 6) is 1.93. The van der Waals surface area contributed by atoms with Gasteiger partial charge in [-0.1, -0.05) is 56.4 Å². The number of ether oxygens (including phenoxy) is 1. The zero-order chi connectivity index (χ0) is 18.2. The van der Waals surface area contributed by atoms with Crippen LogP contribution in [0.5, 0.6) is 11.5 Å². The first kappa shape index (κ1) is 15.8. The van der Waals surface area contributed by atoms with Gasteiger partial charge in [0.05, 0.1) is 17.5 Å². The van der Waals surface area contributed by atoms with E-state index in [2.05, 4.69) is 74.6 Å². The number of hydrogen-bond donors (Lipinski definition) is 0. The second-order valence-corrected chi connectivity index (χ2v) is 9.09. The number of hydrogen-bond acceptors (Lipinski definition) is 3. The minimum atomic E-state index is 0.0138. The van der Waals surface area contributed by atoms with Crippen LogP contribution in [0.15, 0.2) is 36.7 Å². The van der Waals surface area contributed by atoms with Crippen molar-refractivity contribution in [1.29, 1.82) is 0 Å². The summed E-state index contributed by atoms with van der Waals surface area (Å²) in [5, 5.41) is 3.64. The minimum absolute atomic E-state index is 0.0138. The lowest BCUT2D eigenvalue weighted by atomic mass is 9.90. The quantitative estimate of drug-likeness (QED) is 0.333. The number of aromatic nitrogens is 2. The van der Waals surface area contributed by atoms with E-state index in [0.29, 0.717) is 0 Å². The summed E-state index contributed by atoms with van der Waals surface area (Å²) in [5.41, 5.74) is 3.67. The Morgan fingerprint density at radius 1 is 1.15 bits per heavy atom. The van der Waals surface area contributed by atoms with Crippen molar-refractivity contribution in [3.8, 4) is 22.8 Å². The van der Waals surface area contributed by atoms with Crippen LogP contribution in [-0.4, -0.2) is 4.98 Å². The smallest absolute Gasteiger partial charge is 0.288 e. The normalized spacial score (nSPS) is 13.1. The predicted molar refractivity (Wildman–Crippen MR) is 107 cm³/mol. The van der Waals surface area contributed by atoms with E-state index in [0.717, 1.165) is 21.7 Å². The fraction of sp³-hybridized carbons (Fsp3) is 0.273. The van der Waals surface area contributed by atoms with Crippen molar-refractivity contribution in [1.82, 2.24) is 4.98 Å². The van der Waals surface area contributed by atoms with Gasteiger partial charge in [0.25, 0.3) is 6.33 Å². The topological polar surface area (TPSA) is 26.0 Å². The van der Waals surface area contributed by atoms with E-state index in [1.165, 1.54) is 32.5 Å². The van der Waals surface area contributed by atoms with Crippen LogP contribution in [0.1, 0.15) is 31.2 Å². The average Bonchev–Trinajstić information content (AvgIpc) is 2.97. The SMILES string of the molecule is Cc1c2c(cc3ccccc13)Oc1c(C(C)(C)C)sc3nc[n+](C)c-2c13. The van der Waals surface area contributed by atoms with Crippen molar-refractivity contribution in [2.24, 2.45) is 7.05 Å². The van der Waals surface area contributed by atoms with Gasteiger partial charge in [-0.05, 0) is 34.3 Å². The van der Waals surface area contributed by atoms with Crippen molar-refractivity contribution in [2.45, 2.75) is 33.1 Å². The molecular formula is C22H21N2OS+. The Labute approximate surface area is 156 Å². The lowest BCUT2D eigenvalue weighted by Gasteiger charge is -2.24. The van der Waals surface area contributed by atoms with E-state index in [4.69, 9.17) is 4.74 Å². The highest BCUT2D eigenvalue weighted by Crippen LogP contribution is 2.54. The molecule has 0 saturated carbocycles. The van der Waals surface area contributed by atoms with Gasteiger partial charge in [0.1, 0.15) is 11.1 Å². The lowest BCUT2D eigenvalue weighted by molar-refractivity contribution is -0.662. The van der Waals surface area contributed by atoms with E-state index < -0.39 is 0 Å². The van der Waals surface area contributed by atoms with Gasteiger partial charge in [0.2, 0.25) is 4.83 Å². The summed E-state index contributed by atoms with van der Waals surface area (Å²) in [6, 6.07) is 10.7. The zero-order valence-electron chi connectivity index (χ0n) is 15.7. The summed E-state index contributed by atoms with van der Waals surface area (Å²) < 4.78 is 8.68. The first-order chi connectivity index (χ1) is 12.4. The molecule has 0 unspecified atom stereocenters. The maximum absolute atomic E-state index is 6.55. The number of fused-ring (bicyclic) bond motifs is 3. The van der Waals surface area contributed by atoms with Crippen molar-refractivity contribution in [2.75, 3.05) is 0 Å². The number of thiophene rings is 1. The molecule has 5 rings (SSSR count). The van der Waals surface area contributed by atoms with Crippen LogP contribution in [0.2, 0.25) is 0 Å². The van der Waals surface area contributed by atoms with Gasteiger partial charge in [0, 0.05) is 5.41 Å². The van der Waals surface area contributed by atoms with E-state index in [1.807, 2.05) is 6.33 Å². The molecule has 0 bridgehead atoms. The monoisotopic (exact) mass is 361 g/mol. The molecule has 3 heterocycles. The second-order valence-electron chi connectivity index (χ2n) is 8.09. The van der Waals surface area contributed by atoms with Crippen LogP contribution in [0, 0.1) is 6.92 Å². The Kier molecular flexibility index (Phi) is 3.06. The Morgan fingerprint density at radius 2 is 1.92 bits per heavy atom. The van der Waals surface area contributed by atoms with Gasteiger partial charge < -0.3 is 4.74 Å². The average molecular weight is 361 g/mol. The Morgan fingerprint density at radius 3 is 2.69 bits per heavy atom. The molecule has 1 aliphatic heterocycles. The van der Waals surface area contributed by atoms with Gasteiger partial charge >= 0.3 is 0 Å². The maximum atomic E-state index is 6.55. The van der Waals surface area contributed by atoms with Crippen LogP contribution in [0.3, 0.4) is 0 Å². The molecule has 3 nitrogen and oxygen atoms in total. The lowest BCUT2D eigenvalue weighted by Crippen LogP contribution is -2.32. The molecule has 1 aliphatic rings. The molecule has 0 saturated heterocycles. The molecule has 0 N–H and O–H groups in total. The van der Waals surface area contributed by atoms with Gasteiger partial charge in [-0.3, -0.25) is 0 Å². The fourth-order valence-electron chi connectivity index (χ4n) is 3.95. The van der Waals surface area contributed by atoms with Crippen LogP contribution in [0.4, 0.5) is 0 Å². The summed E-state index contributed by atoms with van der Waals surface area (Å²) in [7, 11) is 2.07. The molecule has 0 amide bonds. The third kappa shape index (κ3) is 1.99. The van der Waals surface area contributed by atoms with E-state index in [1.54, 1.807) is 11.3 Å². The molecule has 4 heteroatoms. The van der Waals surface area contributed by atoms with Gasteiger partial charge in [-0.2, -0.15) is 0 Å². The standard InChI is InChI=1S/C22H21N2OS/c1-12-14-9-7-6-8-13(14)10-15-16(12)18-17-19(25-15)20(22(2,3)4)26-21(17)23-11-24(18)5/h6-11H,1-5H3/q+1. The maximum Gasteiger partial charge on any atom is 0.288 e. The van der Waals surface area contributed by atoms with Gasteiger partial charge in [-0.15, -0.1) is 0 Å². The number of aryl methyl sites for hydroxylation is 2.